The summed E-state index contributed by atoms with van der Waals surface area (Å²) in [4.78, 5) is 24.6. The maximum Gasteiger partial charge on any atom is 0.234 e. The van der Waals surface area contributed by atoms with Crippen LogP contribution in [-0.4, -0.2) is 27.2 Å². The summed E-state index contributed by atoms with van der Waals surface area (Å²) in [5, 5.41) is 4.99. The summed E-state index contributed by atoms with van der Waals surface area (Å²) in [5.41, 5.74) is 1.87. The van der Waals surface area contributed by atoms with E-state index in [1.807, 2.05) is 24.3 Å². The Bertz CT molecular complexity index is 1100. The number of amides is 1. The van der Waals surface area contributed by atoms with Gasteiger partial charge >= 0.3 is 0 Å². The zero-order valence-corrected chi connectivity index (χ0v) is 21.2. The third kappa shape index (κ3) is 5.48. The van der Waals surface area contributed by atoms with Gasteiger partial charge in [0, 0.05) is 33.3 Å². The Morgan fingerprint density at radius 1 is 1.29 bits per heavy atom. The highest BCUT2D eigenvalue weighted by Crippen LogP contribution is 2.41. The second-order valence-electron chi connectivity index (χ2n) is 8.30. The van der Waals surface area contributed by atoms with Crippen LogP contribution >= 0.6 is 39.0 Å². The third-order valence-corrected chi connectivity index (χ3v) is 7.77. The molecule has 1 N–H and O–H groups in total. The molecule has 1 aliphatic rings. The summed E-state index contributed by atoms with van der Waals surface area (Å²) in [6, 6.07) is 7.60. The van der Waals surface area contributed by atoms with E-state index in [0.29, 0.717) is 12.4 Å². The minimum Gasteiger partial charge on any atom is -0.370 e. The fourth-order valence-corrected chi connectivity index (χ4v) is 5.89. The topological polar surface area (TPSA) is 64.1 Å². The van der Waals surface area contributed by atoms with Crippen molar-refractivity contribution in [2.45, 2.75) is 63.7 Å². The maximum absolute atomic E-state index is 12.6. The third-order valence-electron chi connectivity index (χ3n) is 5.17. The standard InChI is InChI=1S/C23H26BrN3O2S2/c1-4-5-6-18-26-21(30-13-19(28)25-15-9-7-14(24)8-10-15)20-16-11-23(2,3)29-12-17(16)31-22(20)27-18/h7-10H,4-6,11-13H2,1-3H3,(H,25,28). The molecule has 0 atom stereocenters. The highest BCUT2D eigenvalue weighted by atomic mass is 79.9. The Labute approximate surface area is 199 Å². The predicted molar refractivity (Wildman–Crippen MR) is 132 cm³/mol. The minimum absolute atomic E-state index is 0.0399. The van der Waals surface area contributed by atoms with Crippen molar-refractivity contribution in [3.05, 3.63) is 45.0 Å². The first-order chi connectivity index (χ1) is 14.8. The van der Waals surface area contributed by atoms with Crippen molar-refractivity contribution in [2.75, 3.05) is 11.1 Å². The minimum atomic E-state index is -0.206. The van der Waals surface area contributed by atoms with Gasteiger partial charge in [-0.15, -0.1) is 11.3 Å². The molecule has 0 spiro atoms. The fraction of sp³-hybridized carbons (Fsp3) is 0.435. The molecule has 5 nitrogen and oxygen atoms in total. The number of rotatable bonds is 7. The van der Waals surface area contributed by atoms with Gasteiger partial charge in [0.15, 0.2) is 0 Å². The Morgan fingerprint density at radius 3 is 2.81 bits per heavy atom. The molecule has 1 amide bonds. The number of aryl methyl sites for hydroxylation is 1. The lowest BCUT2D eigenvalue weighted by molar-refractivity contribution is -0.113. The Kier molecular flexibility index (Phi) is 7.01. The number of benzene rings is 1. The van der Waals surface area contributed by atoms with Gasteiger partial charge in [0.2, 0.25) is 5.91 Å². The van der Waals surface area contributed by atoms with E-state index in [-0.39, 0.29) is 11.5 Å². The molecule has 0 radical (unpaired) electrons. The van der Waals surface area contributed by atoms with Crippen molar-refractivity contribution >= 4 is 60.8 Å². The summed E-state index contributed by atoms with van der Waals surface area (Å²) >= 11 is 6.62. The van der Waals surface area contributed by atoms with E-state index in [1.165, 1.54) is 22.2 Å². The number of aromatic nitrogens is 2. The first kappa shape index (κ1) is 22.7. The van der Waals surface area contributed by atoms with Crippen LogP contribution in [0.5, 0.6) is 0 Å². The lowest BCUT2D eigenvalue weighted by Crippen LogP contribution is -2.31. The number of hydrogen-bond donors (Lipinski definition) is 1. The van der Waals surface area contributed by atoms with E-state index >= 15 is 0 Å². The second kappa shape index (κ2) is 9.57. The first-order valence-electron chi connectivity index (χ1n) is 10.5. The molecule has 31 heavy (non-hydrogen) atoms. The molecular weight excluding hydrogens is 494 g/mol. The van der Waals surface area contributed by atoms with E-state index in [1.54, 1.807) is 11.3 Å². The monoisotopic (exact) mass is 519 g/mol. The summed E-state index contributed by atoms with van der Waals surface area (Å²) < 4.78 is 7.00. The molecule has 4 rings (SSSR count). The number of anilines is 1. The van der Waals surface area contributed by atoms with Gasteiger partial charge in [0.1, 0.15) is 15.7 Å². The molecule has 3 heterocycles. The van der Waals surface area contributed by atoms with Crippen molar-refractivity contribution in [2.24, 2.45) is 0 Å². The smallest absolute Gasteiger partial charge is 0.234 e. The van der Waals surface area contributed by atoms with Crippen LogP contribution in [0.15, 0.2) is 33.8 Å². The van der Waals surface area contributed by atoms with Crippen LogP contribution < -0.4 is 5.32 Å². The summed E-state index contributed by atoms with van der Waals surface area (Å²) in [6.07, 6.45) is 3.84. The van der Waals surface area contributed by atoms with Gasteiger partial charge in [-0.05, 0) is 50.1 Å². The number of unbranched alkanes of at least 4 members (excludes halogenated alkanes) is 1. The largest absolute Gasteiger partial charge is 0.370 e. The SMILES string of the molecule is CCCCc1nc(SCC(=O)Nc2ccc(Br)cc2)c2c3c(sc2n1)COC(C)(C)C3. The van der Waals surface area contributed by atoms with Crippen molar-refractivity contribution in [1.29, 1.82) is 0 Å². The fourth-order valence-electron chi connectivity index (χ4n) is 3.57. The predicted octanol–water partition coefficient (Wildman–Crippen LogP) is 6.38. The number of thiophene rings is 1. The van der Waals surface area contributed by atoms with Gasteiger partial charge in [-0.25, -0.2) is 9.97 Å². The average Bonchev–Trinajstić information content (AvgIpc) is 3.09. The van der Waals surface area contributed by atoms with Crippen LogP contribution in [-0.2, 0) is 29.0 Å². The molecule has 164 valence electrons. The van der Waals surface area contributed by atoms with Crippen molar-refractivity contribution in [3.8, 4) is 0 Å². The van der Waals surface area contributed by atoms with Gasteiger partial charge in [-0.3, -0.25) is 4.79 Å². The zero-order valence-electron chi connectivity index (χ0n) is 18.0. The Balaban J connectivity index is 1.60. The first-order valence-corrected chi connectivity index (χ1v) is 13.1. The van der Waals surface area contributed by atoms with Crippen molar-refractivity contribution in [1.82, 2.24) is 9.97 Å². The Morgan fingerprint density at radius 2 is 2.06 bits per heavy atom. The molecule has 8 heteroatoms. The number of halogens is 1. The van der Waals surface area contributed by atoms with Gasteiger partial charge in [0.25, 0.3) is 0 Å². The molecule has 2 aromatic heterocycles. The number of hydrogen-bond acceptors (Lipinski definition) is 6. The highest BCUT2D eigenvalue weighted by Gasteiger charge is 2.31. The normalized spacial score (nSPS) is 15.1. The Hall–Kier alpha value is -1.48. The van der Waals surface area contributed by atoms with Crippen LogP contribution in [0, 0.1) is 0 Å². The lowest BCUT2D eigenvalue weighted by Gasteiger charge is -2.30. The summed E-state index contributed by atoms with van der Waals surface area (Å²) in [5.74, 6) is 1.13. The number of thioether (sulfide) groups is 1. The van der Waals surface area contributed by atoms with Crippen molar-refractivity contribution in [3.63, 3.8) is 0 Å². The average molecular weight is 521 g/mol. The van der Waals surface area contributed by atoms with Gasteiger partial charge in [0.05, 0.1) is 18.0 Å². The van der Waals surface area contributed by atoms with E-state index in [9.17, 15) is 4.79 Å². The molecule has 1 aromatic carbocycles. The lowest BCUT2D eigenvalue weighted by atomic mass is 9.94. The molecule has 0 unspecified atom stereocenters. The van der Waals surface area contributed by atoms with E-state index in [0.717, 1.165) is 56.9 Å². The molecule has 3 aromatic rings. The molecular formula is C23H26BrN3O2S2. The van der Waals surface area contributed by atoms with E-state index in [4.69, 9.17) is 14.7 Å². The van der Waals surface area contributed by atoms with Gasteiger partial charge < -0.3 is 10.1 Å². The van der Waals surface area contributed by atoms with Gasteiger partial charge in [-0.1, -0.05) is 41.0 Å². The number of carbonyl (C=O) groups excluding carboxylic acids is 1. The molecule has 0 aliphatic carbocycles. The van der Waals surface area contributed by atoms with Crippen LogP contribution in [0.4, 0.5) is 5.69 Å². The van der Waals surface area contributed by atoms with Crippen molar-refractivity contribution < 1.29 is 9.53 Å². The van der Waals surface area contributed by atoms with Crippen LogP contribution in [0.2, 0.25) is 0 Å². The number of fused-ring (bicyclic) bond motifs is 3. The van der Waals surface area contributed by atoms with Crippen LogP contribution in [0.1, 0.15) is 49.9 Å². The highest BCUT2D eigenvalue weighted by molar-refractivity contribution is 9.10. The quantitative estimate of drug-likeness (QED) is 0.289. The van der Waals surface area contributed by atoms with Crippen LogP contribution in [0.25, 0.3) is 10.2 Å². The van der Waals surface area contributed by atoms with E-state index in [2.05, 4.69) is 42.0 Å². The van der Waals surface area contributed by atoms with Gasteiger partial charge in [-0.2, -0.15) is 0 Å². The number of nitrogens with one attached hydrogen (secondary N) is 1. The maximum atomic E-state index is 12.6. The van der Waals surface area contributed by atoms with Crippen LogP contribution in [0.3, 0.4) is 0 Å². The molecule has 0 saturated heterocycles. The number of nitrogens with zero attached hydrogens (tertiary/aromatic N) is 2. The summed E-state index contributed by atoms with van der Waals surface area (Å²) in [7, 11) is 0. The second-order valence-corrected chi connectivity index (χ2v) is 11.3. The molecule has 0 fully saturated rings. The number of carbonyl (C=O) groups is 1. The zero-order chi connectivity index (χ0) is 22.0. The molecule has 0 bridgehead atoms. The summed E-state index contributed by atoms with van der Waals surface area (Å²) in [6.45, 7) is 7.02. The number of ether oxygens (including phenoxy) is 1. The molecule has 0 saturated carbocycles. The van der Waals surface area contributed by atoms with E-state index < -0.39 is 0 Å². The molecule has 1 aliphatic heterocycles.